The largest absolute Gasteiger partial charge is 0.339 e. The summed E-state index contributed by atoms with van der Waals surface area (Å²) in [6.45, 7) is 2.32. The van der Waals surface area contributed by atoms with Gasteiger partial charge in [-0.15, -0.1) is 0 Å². The highest BCUT2D eigenvalue weighted by Gasteiger charge is 2.55. The van der Waals surface area contributed by atoms with Crippen LogP contribution in [0.15, 0.2) is 0 Å². The van der Waals surface area contributed by atoms with E-state index in [1.165, 1.54) is 19.3 Å². The molecule has 0 radical (unpaired) electrons. The smallest absolute Gasteiger partial charge is 0.322 e. The molecule has 0 aromatic heterocycles. The van der Waals surface area contributed by atoms with Gasteiger partial charge in [0, 0.05) is 32.6 Å². The molecule has 0 aromatic carbocycles. The fourth-order valence-corrected chi connectivity index (χ4v) is 6.96. The van der Waals surface area contributed by atoms with Crippen molar-refractivity contribution >= 4 is 23.8 Å². The average Bonchev–Trinajstić information content (AvgIpc) is 3.01. The molecule has 4 bridgehead atoms. The van der Waals surface area contributed by atoms with Crippen molar-refractivity contribution in [1.82, 2.24) is 20.4 Å². The van der Waals surface area contributed by atoms with E-state index in [4.69, 9.17) is 0 Å². The van der Waals surface area contributed by atoms with E-state index in [2.05, 4.69) is 10.6 Å². The van der Waals surface area contributed by atoms with Gasteiger partial charge < -0.3 is 15.1 Å². The van der Waals surface area contributed by atoms with Gasteiger partial charge in [0.05, 0.1) is 5.41 Å². The van der Waals surface area contributed by atoms with Crippen LogP contribution in [0.1, 0.15) is 51.4 Å². The van der Waals surface area contributed by atoms with Crippen molar-refractivity contribution in [2.75, 3.05) is 26.2 Å². The number of amides is 5. The molecule has 2 saturated heterocycles. The Morgan fingerprint density at radius 2 is 1.45 bits per heavy atom. The monoisotopic (exact) mass is 402 g/mol. The Morgan fingerprint density at radius 3 is 1.97 bits per heavy atom. The molecule has 0 aromatic rings. The number of urea groups is 1. The van der Waals surface area contributed by atoms with E-state index in [9.17, 15) is 19.2 Å². The number of nitrogens with zero attached hydrogens (tertiary/aromatic N) is 2. The number of nitrogens with one attached hydrogen (secondary N) is 2. The van der Waals surface area contributed by atoms with Crippen LogP contribution in [0.3, 0.4) is 0 Å². The van der Waals surface area contributed by atoms with Gasteiger partial charge in [-0.25, -0.2) is 4.79 Å². The third-order valence-corrected chi connectivity index (χ3v) is 7.92. The minimum absolute atomic E-state index is 0.0131. The van der Waals surface area contributed by atoms with Gasteiger partial charge in [-0.05, 0) is 62.7 Å². The van der Waals surface area contributed by atoms with Crippen molar-refractivity contribution in [2.45, 2.75) is 57.4 Å². The molecule has 2 aliphatic heterocycles. The fourth-order valence-electron chi connectivity index (χ4n) is 6.96. The normalized spacial score (nSPS) is 38.2. The minimum atomic E-state index is -0.620. The second-order valence-electron chi connectivity index (χ2n) is 9.92. The SMILES string of the molecule is O=C1NC(=O)[C@@H](CCC(=O)N2CCN(C(=O)C34CC5CC(CC(C5)C3)C4)CC2)N1. The Morgan fingerprint density at radius 1 is 0.897 bits per heavy atom. The number of carbonyl (C=O) groups excluding carboxylic acids is 4. The maximum atomic E-state index is 13.4. The minimum Gasteiger partial charge on any atom is -0.339 e. The van der Waals surface area contributed by atoms with Crippen molar-refractivity contribution in [3.63, 3.8) is 0 Å². The fraction of sp³-hybridized carbons (Fsp3) is 0.810. The summed E-state index contributed by atoms with van der Waals surface area (Å²) in [4.78, 5) is 52.5. The quantitative estimate of drug-likeness (QED) is 0.682. The molecule has 6 rings (SSSR count). The van der Waals surface area contributed by atoms with Gasteiger partial charge >= 0.3 is 6.03 Å². The maximum absolute atomic E-state index is 13.4. The molecule has 0 spiro atoms. The predicted octanol–water partition coefficient (Wildman–Crippen LogP) is 0.862. The number of rotatable bonds is 4. The maximum Gasteiger partial charge on any atom is 0.322 e. The third-order valence-electron chi connectivity index (χ3n) is 7.92. The first kappa shape index (κ1) is 18.9. The van der Waals surface area contributed by atoms with Crippen molar-refractivity contribution in [3.05, 3.63) is 0 Å². The number of imide groups is 1. The number of hydrogen-bond acceptors (Lipinski definition) is 4. The molecular formula is C21H30N4O4. The van der Waals surface area contributed by atoms with E-state index in [1.54, 1.807) is 4.90 Å². The highest BCUT2D eigenvalue weighted by molar-refractivity contribution is 6.04. The van der Waals surface area contributed by atoms with Crippen LogP contribution in [0.5, 0.6) is 0 Å². The van der Waals surface area contributed by atoms with Gasteiger partial charge in [0.25, 0.3) is 5.91 Å². The van der Waals surface area contributed by atoms with Gasteiger partial charge in [-0.1, -0.05) is 0 Å². The lowest BCUT2D eigenvalue weighted by Gasteiger charge is -2.57. The molecule has 6 aliphatic rings. The second kappa shape index (κ2) is 6.99. The molecule has 6 fully saturated rings. The molecular weight excluding hydrogens is 372 g/mol. The summed E-state index contributed by atoms with van der Waals surface area (Å²) in [5.41, 5.74) is -0.116. The second-order valence-corrected chi connectivity index (χ2v) is 9.92. The molecule has 1 atom stereocenters. The summed E-state index contributed by atoms with van der Waals surface area (Å²) in [5, 5.41) is 4.71. The average molecular weight is 402 g/mol. The summed E-state index contributed by atoms with van der Waals surface area (Å²) in [7, 11) is 0. The molecule has 29 heavy (non-hydrogen) atoms. The highest BCUT2D eigenvalue weighted by atomic mass is 16.2. The lowest BCUT2D eigenvalue weighted by Crippen LogP contribution is -2.58. The van der Waals surface area contributed by atoms with E-state index in [1.807, 2.05) is 4.90 Å². The van der Waals surface area contributed by atoms with Gasteiger partial charge in [-0.2, -0.15) is 0 Å². The van der Waals surface area contributed by atoms with Crippen molar-refractivity contribution in [1.29, 1.82) is 0 Å². The zero-order chi connectivity index (χ0) is 20.2. The van der Waals surface area contributed by atoms with Crippen LogP contribution < -0.4 is 10.6 Å². The Labute approximate surface area is 170 Å². The summed E-state index contributed by atoms with van der Waals surface area (Å²) in [6, 6.07) is -1.12. The van der Waals surface area contributed by atoms with Gasteiger partial charge in [0.2, 0.25) is 11.8 Å². The van der Waals surface area contributed by atoms with Crippen LogP contribution in [-0.2, 0) is 14.4 Å². The standard InChI is InChI=1S/C21H30N4O4/c26-17(2-1-16-18(27)23-20(29)22-16)24-3-5-25(6-4-24)19(28)21-10-13-7-14(11-21)9-15(8-13)12-21/h13-16H,1-12H2,(H2,22,23,27,29)/t13?,14?,15?,16-,21?/m1/s1. The predicted molar refractivity (Wildman–Crippen MR) is 103 cm³/mol. The van der Waals surface area contributed by atoms with Crippen LogP contribution in [0.25, 0.3) is 0 Å². The Kier molecular flexibility index (Phi) is 4.55. The van der Waals surface area contributed by atoms with Crippen molar-refractivity contribution in [3.8, 4) is 0 Å². The number of carbonyl (C=O) groups is 4. The van der Waals surface area contributed by atoms with Crippen LogP contribution in [-0.4, -0.2) is 65.8 Å². The Hall–Kier alpha value is -2.12. The summed E-state index contributed by atoms with van der Waals surface area (Å²) < 4.78 is 0. The van der Waals surface area contributed by atoms with Crippen molar-refractivity contribution < 1.29 is 19.2 Å². The first-order valence-corrected chi connectivity index (χ1v) is 11.1. The molecule has 8 heteroatoms. The van der Waals surface area contributed by atoms with Crippen LogP contribution in [0, 0.1) is 23.2 Å². The van der Waals surface area contributed by atoms with E-state index in [0.717, 1.165) is 37.0 Å². The molecule has 2 heterocycles. The molecule has 4 aliphatic carbocycles. The highest BCUT2D eigenvalue weighted by Crippen LogP contribution is 2.60. The zero-order valence-electron chi connectivity index (χ0n) is 16.8. The Balaban J connectivity index is 1.13. The van der Waals surface area contributed by atoms with Crippen LogP contribution >= 0.6 is 0 Å². The lowest BCUT2D eigenvalue weighted by atomic mass is 9.49. The first-order chi connectivity index (χ1) is 13.9. The summed E-state index contributed by atoms with van der Waals surface area (Å²) >= 11 is 0. The van der Waals surface area contributed by atoms with Crippen LogP contribution in [0.4, 0.5) is 4.79 Å². The third kappa shape index (κ3) is 3.40. The summed E-state index contributed by atoms with van der Waals surface area (Å²) in [5.74, 6) is 2.22. The first-order valence-electron chi connectivity index (χ1n) is 11.1. The molecule has 2 N–H and O–H groups in total. The molecule has 4 saturated carbocycles. The zero-order valence-corrected chi connectivity index (χ0v) is 16.8. The topological polar surface area (TPSA) is 98.8 Å². The molecule has 5 amide bonds. The van der Waals surface area contributed by atoms with E-state index >= 15 is 0 Å². The molecule has 8 nitrogen and oxygen atoms in total. The molecule has 0 unspecified atom stereocenters. The van der Waals surface area contributed by atoms with Crippen molar-refractivity contribution in [2.24, 2.45) is 23.2 Å². The number of piperazine rings is 1. The molecule has 158 valence electrons. The Bertz CT molecular complexity index is 708. The lowest BCUT2D eigenvalue weighted by molar-refractivity contribution is -0.160. The van der Waals surface area contributed by atoms with Gasteiger partial charge in [-0.3, -0.25) is 19.7 Å². The summed E-state index contributed by atoms with van der Waals surface area (Å²) in [6.07, 6.45) is 7.74. The van der Waals surface area contributed by atoms with Crippen LogP contribution in [0.2, 0.25) is 0 Å². The van der Waals surface area contributed by atoms with E-state index in [0.29, 0.717) is 38.5 Å². The van der Waals surface area contributed by atoms with Gasteiger partial charge in [0.1, 0.15) is 6.04 Å². The van der Waals surface area contributed by atoms with E-state index < -0.39 is 12.1 Å². The van der Waals surface area contributed by atoms with Gasteiger partial charge in [0.15, 0.2) is 0 Å². The van der Waals surface area contributed by atoms with E-state index in [-0.39, 0.29) is 23.7 Å². The number of hydrogen-bond donors (Lipinski definition) is 2.